The molecular formula is C20H20N2O6. The van der Waals surface area contributed by atoms with E-state index in [1.807, 2.05) is 0 Å². The van der Waals surface area contributed by atoms with E-state index in [4.69, 9.17) is 9.47 Å². The summed E-state index contributed by atoms with van der Waals surface area (Å²) >= 11 is 0. The van der Waals surface area contributed by atoms with E-state index in [1.54, 1.807) is 49.4 Å². The number of carbonyl (C=O) groups is 2. The highest BCUT2D eigenvalue weighted by Crippen LogP contribution is 2.24. The molecule has 0 bridgehead atoms. The fourth-order valence-corrected chi connectivity index (χ4v) is 3.04. The van der Waals surface area contributed by atoms with Gasteiger partial charge >= 0.3 is 11.8 Å². The van der Waals surface area contributed by atoms with E-state index < -0.39 is 35.5 Å². The molecule has 0 fully saturated rings. The molecule has 2 atom stereocenters. The Morgan fingerprint density at radius 2 is 1.86 bits per heavy atom. The summed E-state index contributed by atoms with van der Waals surface area (Å²) in [5.74, 6) is -0.686. The lowest BCUT2D eigenvalue weighted by Gasteiger charge is -2.17. The SMILES string of the molecule is CCOC(=O)O[C@@H]1C=C[C@H](n2cc(C)c(=O)n(C(=O)c3ccccc3)c2=O)C1. The van der Waals surface area contributed by atoms with Gasteiger partial charge in [-0.1, -0.05) is 24.3 Å². The van der Waals surface area contributed by atoms with Crippen LogP contribution in [0.4, 0.5) is 4.79 Å². The number of nitrogens with zero attached hydrogens (tertiary/aromatic N) is 2. The van der Waals surface area contributed by atoms with Gasteiger partial charge in [-0.25, -0.2) is 9.59 Å². The molecule has 1 aromatic heterocycles. The summed E-state index contributed by atoms with van der Waals surface area (Å²) in [7, 11) is 0. The number of hydrogen-bond acceptors (Lipinski definition) is 6. The van der Waals surface area contributed by atoms with Crippen LogP contribution in [0.15, 0.2) is 58.3 Å². The predicted octanol–water partition coefficient (Wildman–Crippen LogP) is 2.05. The zero-order valence-corrected chi connectivity index (χ0v) is 15.5. The largest absolute Gasteiger partial charge is 0.508 e. The second-order valence-corrected chi connectivity index (χ2v) is 6.34. The van der Waals surface area contributed by atoms with Crippen molar-refractivity contribution in [3.05, 3.63) is 80.6 Å². The molecule has 1 heterocycles. The monoisotopic (exact) mass is 384 g/mol. The molecule has 146 valence electrons. The third-order valence-corrected chi connectivity index (χ3v) is 4.40. The third kappa shape index (κ3) is 3.80. The zero-order valence-electron chi connectivity index (χ0n) is 15.5. The maximum absolute atomic E-state index is 12.9. The van der Waals surface area contributed by atoms with Crippen molar-refractivity contribution in [2.45, 2.75) is 32.4 Å². The van der Waals surface area contributed by atoms with Crippen molar-refractivity contribution in [1.29, 1.82) is 0 Å². The molecule has 0 radical (unpaired) electrons. The Balaban J connectivity index is 1.92. The Hall–Kier alpha value is -3.42. The molecule has 1 aliphatic carbocycles. The van der Waals surface area contributed by atoms with Gasteiger partial charge in [-0.05, 0) is 32.1 Å². The smallest absolute Gasteiger partial charge is 0.435 e. The fraction of sp³-hybridized carbons (Fsp3) is 0.300. The molecule has 3 rings (SSSR count). The van der Waals surface area contributed by atoms with Crippen LogP contribution in [-0.4, -0.2) is 33.9 Å². The van der Waals surface area contributed by atoms with E-state index >= 15 is 0 Å². The van der Waals surface area contributed by atoms with Crippen LogP contribution in [-0.2, 0) is 9.47 Å². The molecule has 1 aliphatic rings. The molecule has 28 heavy (non-hydrogen) atoms. The summed E-state index contributed by atoms with van der Waals surface area (Å²) in [5, 5.41) is 0. The van der Waals surface area contributed by atoms with Crippen LogP contribution >= 0.6 is 0 Å². The predicted molar refractivity (Wildman–Crippen MR) is 101 cm³/mol. The summed E-state index contributed by atoms with van der Waals surface area (Å²) in [6, 6.07) is 7.68. The molecule has 8 heteroatoms. The molecule has 0 spiro atoms. The number of aryl methyl sites for hydroxylation is 1. The first kappa shape index (κ1) is 19.3. The summed E-state index contributed by atoms with van der Waals surface area (Å²) in [4.78, 5) is 49.6. The summed E-state index contributed by atoms with van der Waals surface area (Å²) < 4.78 is 11.8. The van der Waals surface area contributed by atoms with Gasteiger partial charge in [-0.3, -0.25) is 14.2 Å². The van der Waals surface area contributed by atoms with Crippen LogP contribution < -0.4 is 11.2 Å². The highest BCUT2D eigenvalue weighted by molar-refractivity contribution is 5.95. The van der Waals surface area contributed by atoms with Crippen LogP contribution in [0.3, 0.4) is 0 Å². The van der Waals surface area contributed by atoms with E-state index in [1.165, 1.54) is 17.7 Å². The van der Waals surface area contributed by atoms with Crippen LogP contribution in [0.2, 0.25) is 0 Å². The number of rotatable bonds is 4. The maximum Gasteiger partial charge on any atom is 0.508 e. The average Bonchev–Trinajstić information content (AvgIpc) is 3.13. The van der Waals surface area contributed by atoms with Gasteiger partial charge in [0.15, 0.2) is 0 Å². The standard InChI is InChI=1S/C20H20N2O6/c1-3-27-20(26)28-16-10-9-15(11-16)21-12-13(2)17(23)22(19(21)25)18(24)14-7-5-4-6-8-14/h4-10,12,15-16H,3,11H2,1-2H3/t15-,16+/m0/s1. The molecular weight excluding hydrogens is 364 g/mol. The molecule has 1 aromatic carbocycles. The van der Waals surface area contributed by atoms with E-state index in [0.717, 1.165) is 0 Å². The van der Waals surface area contributed by atoms with Crippen molar-refractivity contribution >= 4 is 12.1 Å². The van der Waals surface area contributed by atoms with Crippen molar-refractivity contribution in [2.24, 2.45) is 0 Å². The topological polar surface area (TPSA) is 96.6 Å². The normalized spacial score (nSPS) is 18.1. The molecule has 0 amide bonds. The Morgan fingerprint density at radius 3 is 2.54 bits per heavy atom. The number of benzene rings is 1. The summed E-state index contributed by atoms with van der Waals surface area (Å²) in [6.07, 6.45) is 3.73. The van der Waals surface area contributed by atoms with E-state index in [-0.39, 0.29) is 17.7 Å². The highest BCUT2D eigenvalue weighted by Gasteiger charge is 2.27. The Kier molecular flexibility index (Phi) is 5.58. The fourth-order valence-electron chi connectivity index (χ4n) is 3.04. The van der Waals surface area contributed by atoms with Crippen LogP contribution in [0.5, 0.6) is 0 Å². The van der Waals surface area contributed by atoms with Crippen LogP contribution in [0.1, 0.15) is 35.3 Å². The molecule has 0 unspecified atom stereocenters. The van der Waals surface area contributed by atoms with E-state index in [0.29, 0.717) is 11.0 Å². The molecule has 8 nitrogen and oxygen atoms in total. The Morgan fingerprint density at radius 1 is 1.14 bits per heavy atom. The number of aromatic nitrogens is 2. The van der Waals surface area contributed by atoms with Gasteiger partial charge in [0.2, 0.25) is 0 Å². The first-order chi connectivity index (χ1) is 13.4. The van der Waals surface area contributed by atoms with Gasteiger partial charge in [0.1, 0.15) is 6.10 Å². The summed E-state index contributed by atoms with van der Waals surface area (Å²) in [6.45, 7) is 3.41. The Bertz CT molecular complexity index is 1030. The Labute approximate surface area is 160 Å². The van der Waals surface area contributed by atoms with Gasteiger partial charge in [0.25, 0.3) is 11.5 Å². The van der Waals surface area contributed by atoms with Crippen LogP contribution in [0.25, 0.3) is 0 Å². The highest BCUT2D eigenvalue weighted by atomic mass is 16.7. The van der Waals surface area contributed by atoms with E-state index in [2.05, 4.69) is 0 Å². The van der Waals surface area contributed by atoms with Crippen molar-refractivity contribution in [2.75, 3.05) is 6.61 Å². The third-order valence-electron chi connectivity index (χ3n) is 4.40. The first-order valence-corrected chi connectivity index (χ1v) is 8.88. The van der Waals surface area contributed by atoms with Crippen molar-refractivity contribution in [3.63, 3.8) is 0 Å². The number of carbonyl (C=O) groups excluding carboxylic acids is 2. The minimum absolute atomic E-state index is 0.198. The number of ether oxygens (including phenoxy) is 2. The number of allylic oxidation sites excluding steroid dienone is 1. The van der Waals surface area contributed by atoms with E-state index in [9.17, 15) is 19.2 Å². The second-order valence-electron chi connectivity index (χ2n) is 6.34. The second kappa shape index (κ2) is 8.08. The van der Waals surface area contributed by atoms with Gasteiger partial charge in [-0.2, -0.15) is 4.57 Å². The van der Waals surface area contributed by atoms with Crippen molar-refractivity contribution in [3.8, 4) is 0 Å². The first-order valence-electron chi connectivity index (χ1n) is 8.88. The van der Waals surface area contributed by atoms with Gasteiger partial charge in [0.05, 0.1) is 12.6 Å². The average molecular weight is 384 g/mol. The molecule has 0 N–H and O–H groups in total. The minimum atomic E-state index is -0.787. The van der Waals surface area contributed by atoms with Gasteiger partial charge in [-0.15, -0.1) is 0 Å². The maximum atomic E-state index is 12.9. The summed E-state index contributed by atoms with van der Waals surface area (Å²) in [5.41, 5.74) is -0.899. The molecule has 0 saturated carbocycles. The minimum Gasteiger partial charge on any atom is -0.435 e. The zero-order chi connectivity index (χ0) is 20.3. The van der Waals surface area contributed by atoms with Crippen LogP contribution in [0, 0.1) is 6.92 Å². The molecule has 0 saturated heterocycles. The lowest BCUT2D eigenvalue weighted by Crippen LogP contribution is -2.45. The van der Waals surface area contributed by atoms with Gasteiger partial charge in [0, 0.05) is 23.7 Å². The van der Waals surface area contributed by atoms with Crippen molar-refractivity contribution < 1.29 is 19.1 Å². The van der Waals surface area contributed by atoms with Gasteiger partial charge < -0.3 is 9.47 Å². The number of hydrogen-bond donors (Lipinski definition) is 0. The van der Waals surface area contributed by atoms with Crippen molar-refractivity contribution in [1.82, 2.24) is 9.13 Å². The molecule has 0 aliphatic heterocycles. The lowest BCUT2D eigenvalue weighted by atomic mass is 10.2. The molecule has 2 aromatic rings. The lowest BCUT2D eigenvalue weighted by molar-refractivity contribution is 0.0385. The quantitative estimate of drug-likeness (QED) is 0.591.